The molecule has 14 heavy (non-hydrogen) atoms. The van der Waals surface area contributed by atoms with Crippen molar-refractivity contribution in [3.05, 3.63) is 0 Å². The molecule has 0 aromatic carbocycles. The lowest BCUT2D eigenvalue weighted by Crippen LogP contribution is -2.27. The van der Waals surface area contributed by atoms with Crippen LogP contribution in [0.25, 0.3) is 0 Å². The Bertz CT molecular complexity index is 180. The van der Waals surface area contributed by atoms with Gasteiger partial charge in [-0.2, -0.15) is 0 Å². The van der Waals surface area contributed by atoms with Crippen LogP contribution in [0.5, 0.6) is 0 Å². The number of aldehydes is 1. The number of esters is 1. The molecule has 0 aliphatic heterocycles. The van der Waals surface area contributed by atoms with Crippen molar-refractivity contribution in [2.75, 3.05) is 20.8 Å². The van der Waals surface area contributed by atoms with Crippen LogP contribution in [0, 0.1) is 0 Å². The summed E-state index contributed by atoms with van der Waals surface area (Å²) in [6.07, 6.45) is 0.244. The van der Waals surface area contributed by atoms with Crippen molar-refractivity contribution in [3.63, 3.8) is 0 Å². The smallest absolute Gasteiger partial charge is 0.302 e. The molecule has 2 atom stereocenters. The average Bonchev–Trinajstić information content (AvgIpc) is 2.18. The van der Waals surface area contributed by atoms with E-state index in [1.165, 1.54) is 21.1 Å². The minimum absolute atomic E-state index is 0.138. The van der Waals surface area contributed by atoms with Crippen LogP contribution in [0.4, 0.5) is 0 Å². The molecular weight excluding hydrogens is 188 g/mol. The average molecular weight is 204 g/mol. The third-order valence-corrected chi connectivity index (χ3v) is 1.76. The molecule has 0 amide bonds. The highest BCUT2D eigenvalue weighted by molar-refractivity contribution is 5.65. The van der Waals surface area contributed by atoms with Crippen LogP contribution in [0.1, 0.15) is 13.3 Å². The summed E-state index contributed by atoms with van der Waals surface area (Å²) < 4.78 is 14.6. The summed E-state index contributed by atoms with van der Waals surface area (Å²) in [5.41, 5.74) is 0. The molecule has 5 nitrogen and oxygen atoms in total. The number of methoxy groups -OCH3 is 2. The molecule has 5 heteroatoms. The van der Waals surface area contributed by atoms with Crippen molar-refractivity contribution in [2.45, 2.75) is 25.6 Å². The zero-order valence-corrected chi connectivity index (χ0v) is 8.69. The summed E-state index contributed by atoms with van der Waals surface area (Å²) in [6, 6.07) is 0. The summed E-state index contributed by atoms with van der Waals surface area (Å²) in [7, 11) is 2.93. The van der Waals surface area contributed by atoms with E-state index >= 15 is 0 Å². The van der Waals surface area contributed by atoms with E-state index in [4.69, 9.17) is 14.2 Å². The third-order valence-electron chi connectivity index (χ3n) is 1.76. The number of carbonyl (C=O) groups excluding carboxylic acids is 2. The van der Waals surface area contributed by atoms with E-state index in [1.807, 2.05) is 0 Å². The molecule has 0 aromatic rings. The van der Waals surface area contributed by atoms with Gasteiger partial charge >= 0.3 is 5.97 Å². The Kier molecular flexibility index (Phi) is 6.96. The Balaban J connectivity index is 3.88. The van der Waals surface area contributed by atoms with E-state index in [2.05, 4.69) is 0 Å². The first-order valence-electron chi connectivity index (χ1n) is 4.28. The SMILES string of the molecule is COC(C=O)CC(COC(C)=O)OC. The highest BCUT2D eigenvalue weighted by Crippen LogP contribution is 2.04. The Morgan fingerprint density at radius 1 is 1.36 bits per heavy atom. The van der Waals surface area contributed by atoms with Gasteiger partial charge in [-0.15, -0.1) is 0 Å². The third kappa shape index (κ3) is 5.66. The van der Waals surface area contributed by atoms with Crippen molar-refractivity contribution in [3.8, 4) is 0 Å². The molecule has 0 bridgehead atoms. The molecular formula is C9H16O5. The molecule has 0 fully saturated rings. The van der Waals surface area contributed by atoms with Crippen molar-refractivity contribution in [2.24, 2.45) is 0 Å². The van der Waals surface area contributed by atoms with Crippen LogP contribution in [0.3, 0.4) is 0 Å². The lowest BCUT2D eigenvalue weighted by molar-refractivity contribution is -0.145. The maximum absolute atomic E-state index is 10.5. The van der Waals surface area contributed by atoms with Gasteiger partial charge in [0.1, 0.15) is 19.0 Å². The maximum atomic E-state index is 10.5. The van der Waals surface area contributed by atoms with Gasteiger partial charge in [0.15, 0.2) is 0 Å². The monoisotopic (exact) mass is 204 g/mol. The molecule has 0 aromatic heterocycles. The molecule has 0 N–H and O–H groups in total. The van der Waals surface area contributed by atoms with Gasteiger partial charge in [0.25, 0.3) is 0 Å². The molecule has 0 rings (SSSR count). The minimum atomic E-state index is -0.518. The largest absolute Gasteiger partial charge is 0.463 e. The number of hydrogen-bond donors (Lipinski definition) is 0. The van der Waals surface area contributed by atoms with E-state index in [0.29, 0.717) is 12.7 Å². The Labute approximate surface area is 83.3 Å². The molecule has 0 saturated carbocycles. The maximum Gasteiger partial charge on any atom is 0.302 e. The summed E-state index contributed by atoms with van der Waals surface area (Å²) >= 11 is 0. The van der Waals surface area contributed by atoms with Crippen molar-refractivity contribution in [1.29, 1.82) is 0 Å². The standard InChI is InChI=1S/C9H16O5/c1-7(11)14-6-9(13-3)4-8(5-10)12-2/h5,8-9H,4,6H2,1-3H3. The normalized spacial score (nSPS) is 14.5. The molecule has 0 aliphatic carbocycles. The molecule has 82 valence electrons. The highest BCUT2D eigenvalue weighted by Gasteiger charge is 2.16. The number of carbonyl (C=O) groups is 2. The topological polar surface area (TPSA) is 61.8 Å². The van der Waals surface area contributed by atoms with E-state index in [0.717, 1.165) is 0 Å². The minimum Gasteiger partial charge on any atom is -0.463 e. The van der Waals surface area contributed by atoms with E-state index in [9.17, 15) is 9.59 Å². The van der Waals surface area contributed by atoms with Gasteiger partial charge in [0, 0.05) is 27.6 Å². The molecule has 0 spiro atoms. The predicted octanol–water partition coefficient (Wildman–Crippen LogP) is 0.168. The second-order valence-corrected chi connectivity index (χ2v) is 2.81. The fraction of sp³-hybridized carbons (Fsp3) is 0.778. The summed E-state index contributed by atoms with van der Waals surface area (Å²) in [6.45, 7) is 1.46. The Morgan fingerprint density at radius 3 is 2.36 bits per heavy atom. The highest BCUT2D eigenvalue weighted by atomic mass is 16.6. The van der Waals surface area contributed by atoms with Crippen LogP contribution in [-0.2, 0) is 23.8 Å². The molecule has 0 saturated heterocycles. The lowest BCUT2D eigenvalue weighted by Gasteiger charge is -2.17. The first-order chi connectivity index (χ1) is 6.63. The predicted molar refractivity (Wildman–Crippen MR) is 48.9 cm³/mol. The van der Waals surface area contributed by atoms with Crippen LogP contribution in [-0.4, -0.2) is 45.3 Å². The van der Waals surface area contributed by atoms with E-state index < -0.39 is 6.10 Å². The Hall–Kier alpha value is -0.940. The second kappa shape index (κ2) is 7.46. The van der Waals surface area contributed by atoms with Crippen LogP contribution >= 0.6 is 0 Å². The first-order valence-corrected chi connectivity index (χ1v) is 4.28. The zero-order valence-electron chi connectivity index (χ0n) is 8.69. The summed E-state index contributed by atoms with van der Waals surface area (Å²) in [5.74, 6) is -0.368. The first kappa shape index (κ1) is 13.1. The molecule has 0 radical (unpaired) electrons. The van der Waals surface area contributed by atoms with Gasteiger partial charge < -0.3 is 19.0 Å². The number of rotatable bonds is 7. The Morgan fingerprint density at radius 2 is 2.00 bits per heavy atom. The van der Waals surface area contributed by atoms with Crippen LogP contribution in [0.2, 0.25) is 0 Å². The van der Waals surface area contributed by atoms with E-state index in [-0.39, 0.29) is 18.7 Å². The van der Waals surface area contributed by atoms with Crippen molar-refractivity contribution >= 4 is 12.3 Å². The second-order valence-electron chi connectivity index (χ2n) is 2.81. The fourth-order valence-corrected chi connectivity index (χ4v) is 0.909. The van der Waals surface area contributed by atoms with Gasteiger partial charge in [-0.1, -0.05) is 0 Å². The summed E-state index contributed by atoms with van der Waals surface area (Å²) in [4.78, 5) is 20.9. The van der Waals surface area contributed by atoms with E-state index in [1.54, 1.807) is 0 Å². The molecule has 0 heterocycles. The van der Waals surface area contributed by atoms with Gasteiger partial charge in [0.05, 0.1) is 6.10 Å². The number of ether oxygens (including phenoxy) is 3. The molecule has 2 unspecified atom stereocenters. The number of hydrogen-bond acceptors (Lipinski definition) is 5. The van der Waals surface area contributed by atoms with Crippen LogP contribution in [0.15, 0.2) is 0 Å². The van der Waals surface area contributed by atoms with Crippen molar-refractivity contribution in [1.82, 2.24) is 0 Å². The lowest BCUT2D eigenvalue weighted by atomic mass is 10.2. The quantitative estimate of drug-likeness (QED) is 0.437. The van der Waals surface area contributed by atoms with Gasteiger partial charge in [-0.25, -0.2) is 0 Å². The van der Waals surface area contributed by atoms with Gasteiger partial charge in [0.2, 0.25) is 0 Å². The van der Waals surface area contributed by atoms with Crippen LogP contribution < -0.4 is 0 Å². The van der Waals surface area contributed by atoms with Gasteiger partial charge in [-0.05, 0) is 0 Å². The van der Waals surface area contributed by atoms with Gasteiger partial charge in [-0.3, -0.25) is 4.79 Å². The zero-order chi connectivity index (χ0) is 11.0. The van der Waals surface area contributed by atoms with Crippen molar-refractivity contribution < 1.29 is 23.8 Å². The fourth-order valence-electron chi connectivity index (χ4n) is 0.909. The summed E-state index contributed by atoms with van der Waals surface area (Å²) in [5, 5.41) is 0. The molecule has 0 aliphatic rings.